The molecule has 1 aromatic carbocycles. The Morgan fingerprint density at radius 2 is 2.31 bits per heavy atom. The van der Waals surface area contributed by atoms with Crippen molar-refractivity contribution in [3.8, 4) is 0 Å². The van der Waals surface area contributed by atoms with Crippen LogP contribution in [-0.4, -0.2) is 18.0 Å². The van der Waals surface area contributed by atoms with E-state index >= 15 is 0 Å². The number of benzene rings is 1. The van der Waals surface area contributed by atoms with Crippen molar-refractivity contribution in [2.24, 2.45) is 5.92 Å². The van der Waals surface area contributed by atoms with E-state index in [9.17, 15) is 4.39 Å². The summed E-state index contributed by atoms with van der Waals surface area (Å²) in [6.45, 7) is 5.37. The molecule has 0 spiro atoms. The van der Waals surface area contributed by atoms with Crippen LogP contribution in [0, 0.1) is 11.7 Å². The molecular weight excluding hydrogens is 203 g/mol. The van der Waals surface area contributed by atoms with E-state index < -0.39 is 0 Å². The van der Waals surface area contributed by atoms with Crippen LogP contribution in [0.25, 0.3) is 0 Å². The van der Waals surface area contributed by atoms with Gasteiger partial charge in [-0.1, -0.05) is 13.0 Å². The number of anilines is 1. The first-order valence-corrected chi connectivity index (χ1v) is 5.91. The SMILES string of the molecule is CC1CCCN(Cc2ccc(F)cc2N)C1. The fraction of sp³-hybridized carbons (Fsp3) is 0.538. The Kier molecular flexibility index (Phi) is 3.44. The van der Waals surface area contributed by atoms with Gasteiger partial charge in [-0.15, -0.1) is 0 Å². The van der Waals surface area contributed by atoms with Crippen LogP contribution in [0.1, 0.15) is 25.3 Å². The Hall–Kier alpha value is -1.09. The summed E-state index contributed by atoms with van der Waals surface area (Å²) in [4.78, 5) is 2.40. The molecule has 0 aromatic heterocycles. The fourth-order valence-corrected chi connectivity index (χ4v) is 2.38. The van der Waals surface area contributed by atoms with E-state index in [4.69, 9.17) is 5.73 Å². The summed E-state index contributed by atoms with van der Waals surface area (Å²) in [6.07, 6.45) is 2.57. The van der Waals surface area contributed by atoms with Crippen molar-refractivity contribution < 1.29 is 4.39 Å². The minimum absolute atomic E-state index is 0.256. The number of piperidine rings is 1. The van der Waals surface area contributed by atoms with Gasteiger partial charge in [0.15, 0.2) is 0 Å². The summed E-state index contributed by atoms with van der Waals surface area (Å²) in [6, 6.07) is 4.69. The van der Waals surface area contributed by atoms with Crippen LogP contribution >= 0.6 is 0 Å². The van der Waals surface area contributed by atoms with Crippen LogP contribution in [0.3, 0.4) is 0 Å². The molecule has 88 valence electrons. The van der Waals surface area contributed by atoms with E-state index in [0.29, 0.717) is 5.69 Å². The first-order chi connectivity index (χ1) is 7.65. The zero-order chi connectivity index (χ0) is 11.5. The lowest BCUT2D eigenvalue weighted by Gasteiger charge is -2.31. The third-order valence-electron chi connectivity index (χ3n) is 3.24. The van der Waals surface area contributed by atoms with Gasteiger partial charge in [0.25, 0.3) is 0 Å². The summed E-state index contributed by atoms with van der Waals surface area (Å²) in [7, 11) is 0. The van der Waals surface area contributed by atoms with E-state index in [-0.39, 0.29) is 5.82 Å². The highest BCUT2D eigenvalue weighted by Gasteiger charge is 2.16. The third-order valence-corrected chi connectivity index (χ3v) is 3.24. The van der Waals surface area contributed by atoms with Gasteiger partial charge < -0.3 is 5.73 Å². The van der Waals surface area contributed by atoms with Gasteiger partial charge >= 0.3 is 0 Å². The molecule has 1 aromatic rings. The molecule has 1 aliphatic rings. The van der Waals surface area contributed by atoms with Gasteiger partial charge in [-0.05, 0) is 43.0 Å². The monoisotopic (exact) mass is 222 g/mol. The highest BCUT2D eigenvalue weighted by atomic mass is 19.1. The van der Waals surface area contributed by atoms with Crippen molar-refractivity contribution in [1.29, 1.82) is 0 Å². The molecule has 0 saturated carbocycles. The van der Waals surface area contributed by atoms with Crippen LogP contribution in [0.4, 0.5) is 10.1 Å². The lowest BCUT2D eigenvalue weighted by Crippen LogP contribution is -2.33. The van der Waals surface area contributed by atoms with Crippen LogP contribution < -0.4 is 5.73 Å². The lowest BCUT2D eigenvalue weighted by molar-refractivity contribution is 0.177. The highest BCUT2D eigenvalue weighted by Crippen LogP contribution is 2.20. The van der Waals surface area contributed by atoms with Gasteiger partial charge in [-0.25, -0.2) is 4.39 Å². The van der Waals surface area contributed by atoms with Gasteiger partial charge in [0, 0.05) is 18.8 Å². The lowest BCUT2D eigenvalue weighted by atomic mass is 9.99. The molecule has 1 atom stereocenters. The smallest absolute Gasteiger partial charge is 0.125 e. The molecular formula is C13H19FN2. The van der Waals surface area contributed by atoms with Crippen LogP contribution in [0.2, 0.25) is 0 Å². The molecule has 1 unspecified atom stereocenters. The fourth-order valence-electron chi connectivity index (χ4n) is 2.38. The number of nitrogen functional groups attached to an aromatic ring is 1. The Labute approximate surface area is 96.2 Å². The first-order valence-electron chi connectivity index (χ1n) is 5.91. The molecule has 1 aliphatic heterocycles. The number of hydrogen-bond acceptors (Lipinski definition) is 2. The van der Waals surface area contributed by atoms with Gasteiger partial charge in [0.05, 0.1) is 0 Å². The molecule has 1 fully saturated rings. The maximum Gasteiger partial charge on any atom is 0.125 e. The Morgan fingerprint density at radius 1 is 1.50 bits per heavy atom. The number of hydrogen-bond donors (Lipinski definition) is 1. The molecule has 0 aliphatic carbocycles. The molecule has 3 heteroatoms. The average molecular weight is 222 g/mol. The second kappa shape index (κ2) is 4.83. The topological polar surface area (TPSA) is 29.3 Å². The molecule has 1 saturated heterocycles. The van der Waals surface area contributed by atoms with Crippen LogP contribution in [-0.2, 0) is 6.54 Å². The zero-order valence-corrected chi connectivity index (χ0v) is 9.75. The summed E-state index contributed by atoms with van der Waals surface area (Å²) in [5, 5.41) is 0. The van der Waals surface area contributed by atoms with E-state index in [1.807, 2.05) is 0 Å². The number of halogens is 1. The molecule has 1 heterocycles. The van der Waals surface area contributed by atoms with Crippen LogP contribution in [0.15, 0.2) is 18.2 Å². The van der Waals surface area contributed by atoms with Gasteiger partial charge in [-0.3, -0.25) is 4.90 Å². The minimum Gasteiger partial charge on any atom is -0.398 e. The van der Waals surface area contributed by atoms with E-state index in [1.165, 1.54) is 25.0 Å². The predicted molar refractivity (Wildman–Crippen MR) is 64.5 cm³/mol. The number of nitrogens with two attached hydrogens (primary N) is 1. The highest BCUT2D eigenvalue weighted by molar-refractivity contribution is 5.46. The normalized spacial score (nSPS) is 22.2. The van der Waals surface area contributed by atoms with Crippen molar-refractivity contribution in [3.63, 3.8) is 0 Å². The second-order valence-corrected chi connectivity index (χ2v) is 4.83. The predicted octanol–water partition coefficient (Wildman–Crippen LogP) is 2.64. The van der Waals surface area contributed by atoms with Crippen molar-refractivity contribution >= 4 is 5.69 Å². The molecule has 2 N–H and O–H groups in total. The largest absolute Gasteiger partial charge is 0.398 e. The summed E-state index contributed by atoms with van der Waals surface area (Å²) >= 11 is 0. The second-order valence-electron chi connectivity index (χ2n) is 4.83. The van der Waals surface area contributed by atoms with Crippen LogP contribution in [0.5, 0.6) is 0 Å². The Bertz CT molecular complexity index is 365. The van der Waals surface area contributed by atoms with Crippen molar-refractivity contribution in [2.45, 2.75) is 26.3 Å². The molecule has 0 amide bonds. The maximum atomic E-state index is 12.9. The number of nitrogens with zero attached hydrogens (tertiary/aromatic N) is 1. The third kappa shape index (κ3) is 2.73. The summed E-state index contributed by atoms with van der Waals surface area (Å²) in [5.74, 6) is 0.503. The molecule has 16 heavy (non-hydrogen) atoms. The molecule has 0 bridgehead atoms. The minimum atomic E-state index is -0.256. The first kappa shape index (κ1) is 11.4. The van der Waals surface area contributed by atoms with Gasteiger partial charge in [0.2, 0.25) is 0 Å². The van der Waals surface area contributed by atoms with Gasteiger partial charge in [-0.2, -0.15) is 0 Å². The van der Waals surface area contributed by atoms with E-state index in [0.717, 1.165) is 31.1 Å². The van der Waals surface area contributed by atoms with Crippen molar-refractivity contribution in [2.75, 3.05) is 18.8 Å². The maximum absolute atomic E-state index is 12.9. The van der Waals surface area contributed by atoms with E-state index in [1.54, 1.807) is 6.07 Å². The summed E-state index contributed by atoms with van der Waals surface area (Å²) < 4.78 is 12.9. The standard InChI is InChI=1S/C13H19FN2/c1-10-3-2-6-16(8-10)9-11-4-5-12(14)7-13(11)15/h4-5,7,10H,2-3,6,8-9,15H2,1H3. The quantitative estimate of drug-likeness (QED) is 0.779. The molecule has 2 nitrogen and oxygen atoms in total. The molecule has 0 radical (unpaired) electrons. The number of likely N-dealkylation sites (tertiary alicyclic amines) is 1. The average Bonchev–Trinajstić information content (AvgIpc) is 2.22. The Balaban J connectivity index is 2.02. The molecule has 2 rings (SSSR count). The van der Waals surface area contributed by atoms with E-state index in [2.05, 4.69) is 11.8 Å². The van der Waals surface area contributed by atoms with Crippen molar-refractivity contribution in [1.82, 2.24) is 4.90 Å². The zero-order valence-electron chi connectivity index (χ0n) is 9.75. The Morgan fingerprint density at radius 3 is 3.00 bits per heavy atom. The van der Waals surface area contributed by atoms with Gasteiger partial charge in [0.1, 0.15) is 5.82 Å². The summed E-state index contributed by atoms with van der Waals surface area (Å²) in [5.41, 5.74) is 7.41. The van der Waals surface area contributed by atoms with Crippen molar-refractivity contribution in [3.05, 3.63) is 29.6 Å². The number of rotatable bonds is 2.